The van der Waals surface area contributed by atoms with E-state index in [0.29, 0.717) is 35.4 Å². The minimum atomic E-state index is -1.64. The maximum atomic E-state index is 14.5. The van der Waals surface area contributed by atoms with E-state index in [1.165, 1.54) is 35.5 Å². The van der Waals surface area contributed by atoms with Gasteiger partial charge in [0.2, 0.25) is 5.91 Å². The van der Waals surface area contributed by atoms with Crippen LogP contribution in [0.3, 0.4) is 0 Å². The molecule has 0 spiro atoms. The highest BCUT2D eigenvalue weighted by Crippen LogP contribution is 2.35. The number of halogens is 1. The first-order chi connectivity index (χ1) is 17.6. The molecule has 12 heteroatoms. The Kier molecular flexibility index (Phi) is 6.28. The van der Waals surface area contributed by atoms with Gasteiger partial charge in [0.05, 0.1) is 30.6 Å². The van der Waals surface area contributed by atoms with Gasteiger partial charge in [0.15, 0.2) is 5.65 Å². The van der Waals surface area contributed by atoms with Gasteiger partial charge in [-0.1, -0.05) is 0 Å². The number of rotatable bonds is 8. The van der Waals surface area contributed by atoms with E-state index < -0.39 is 23.6 Å². The Hall–Kier alpha value is -4.06. The van der Waals surface area contributed by atoms with Gasteiger partial charge in [0.1, 0.15) is 17.5 Å². The molecule has 3 N–H and O–H groups in total. The topological polar surface area (TPSA) is 138 Å². The third-order valence-corrected chi connectivity index (χ3v) is 6.54. The number of carbonyl (C=O) groups excluding carboxylic acids is 3. The van der Waals surface area contributed by atoms with Crippen LogP contribution in [0.5, 0.6) is 5.75 Å². The van der Waals surface area contributed by atoms with Gasteiger partial charge in [-0.05, 0) is 37.6 Å². The number of anilines is 1. The van der Waals surface area contributed by atoms with E-state index in [1.54, 1.807) is 24.5 Å². The Labute approximate surface area is 211 Å². The molecule has 0 bridgehead atoms. The number of carbonyl (C=O) groups is 3. The van der Waals surface area contributed by atoms with Crippen molar-refractivity contribution >= 4 is 29.1 Å². The van der Waals surface area contributed by atoms with Crippen molar-refractivity contribution in [2.45, 2.75) is 38.6 Å². The van der Waals surface area contributed by atoms with Crippen LogP contribution in [0.1, 0.15) is 46.5 Å². The van der Waals surface area contributed by atoms with Crippen molar-refractivity contribution in [3.63, 3.8) is 0 Å². The Morgan fingerprint density at radius 3 is 2.92 bits per heavy atom. The lowest BCUT2D eigenvalue weighted by Gasteiger charge is -2.26. The average molecular weight is 511 g/mol. The molecule has 3 aromatic rings. The summed E-state index contributed by atoms with van der Waals surface area (Å²) in [5.41, 5.74) is 0.269. The number of nitrogens with one attached hydrogen (secondary N) is 2. The van der Waals surface area contributed by atoms with E-state index in [-0.39, 0.29) is 42.8 Å². The zero-order valence-corrected chi connectivity index (χ0v) is 20.4. The Morgan fingerprint density at radius 1 is 1.38 bits per heavy atom. The third-order valence-electron chi connectivity index (χ3n) is 6.54. The second kappa shape index (κ2) is 9.43. The number of benzene rings is 1. The summed E-state index contributed by atoms with van der Waals surface area (Å²) in [6, 6.07) is 4.86. The standard InChI is InChI=1S/C25H27FN6O5/c1-25(2,36)20(26)12-31-11-15-7-18(30-23(34)17-10-29-32-5-3-4-27-22(17)32)19(8-16(15)24(31)35)37-13-14-6-21(33)28-9-14/h3-5,7-8,10,14,20,36H,6,9,11-13H2,1-2H3,(H,28,33)(H,30,34)/t14-,20+/m0/s1. The lowest BCUT2D eigenvalue weighted by atomic mass is 10.0. The SMILES string of the molecule is CC(C)(O)[C@H](F)CN1Cc2cc(NC(=O)c3cnn4cccnc34)c(OC[C@@H]3CNC(=O)C3)cc2C1=O. The molecule has 37 heavy (non-hydrogen) atoms. The second-order valence-electron chi connectivity index (χ2n) is 9.90. The number of alkyl halides is 1. The minimum absolute atomic E-state index is 0.0561. The third kappa shape index (κ3) is 4.96. The quantitative estimate of drug-likeness (QED) is 0.418. The van der Waals surface area contributed by atoms with Crippen molar-refractivity contribution in [3.05, 3.63) is 53.5 Å². The van der Waals surface area contributed by atoms with Crippen molar-refractivity contribution in [3.8, 4) is 5.75 Å². The maximum absolute atomic E-state index is 14.5. The highest BCUT2D eigenvalue weighted by molar-refractivity contribution is 6.09. The molecule has 1 fully saturated rings. The summed E-state index contributed by atoms with van der Waals surface area (Å²) in [4.78, 5) is 43.3. The van der Waals surface area contributed by atoms with Crippen LogP contribution in [0.15, 0.2) is 36.8 Å². The van der Waals surface area contributed by atoms with Crippen molar-refractivity contribution in [2.75, 3.05) is 25.0 Å². The Balaban J connectivity index is 1.42. The predicted octanol–water partition coefficient (Wildman–Crippen LogP) is 1.56. The first-order valence-electron chi connectivity index (χ1n) is 11.9. The molecular formula is C25H27FN6O5. The summed E-state index contributed by atoms with van der Waals surface area (Å²) in [6.45, 7) is 3.21. The molecule has 194 valence electrons. The average Bonchev–Trinajstić information content (AvgIpc) is 3.54. The number of amides is 3. The van der Waals surface area contributed by atoms with Gasteiger partial charge in [0.25, 0.3) is 11.8 Å². The van der Waals surface area contributed by atoms with Crippen molar-refractivity contribution in [2.24, 2.45) is 5.92 Å². The molecular weight excluding hydrogens is 483 g/mol. The normalized spacial score (nSPS) is 18.2. The highest BCUT2D eigenvalue weighted by Gasteiger charge is 2.35. The molecule has 0 unspecified atom stereocenters. The molecule has 3 amide bonds. The number of nitrogens with zero attached hydrogens (tertiary/aromatic N) is 4. The van der Waals surface area contributed by atoms with Crippen LogP contribution < -0.4 is 15.4 Å². The lowest BCUT2D eigenvalue weighted by molar-refractivity contribution is -0.119. The molecule has 2 aromatic heterocycles. The molecule has 1 saturated heterocycles. The molecule has 2 atom stereocenters. The van der Waals surface area contributed by atoms with Gasteiger partial charge in [-0.25, -0.2) is 13.9 Å². The van der Waals surface area contributed by atoms with E-state index in [2.05, 4.69) is 20.7 Å². The molecule has 4 heterocycles. The van der Waals surface area contributed by atoms with Gasteiger partial charge in [0, 0.05) is 43.4 Å². The summed E-state index contributed by atoms with van der Waals surface area (Å²) in [6.07, 6.45) is 3.32. The van der Waals surface area contributed by atoms with Gasteiger partial charge in [-0.15, -0.1) is 0 Å². The Morgan fingerprint density at radius 2 is 2.19 bits per heavy atom. The molecule has 2 aliphatic rings. The van der Waals surface area contributed by atoms with Crippen LogP contribution in [0, 0.1) is 5.92 Å². The number of hydrogen-bond acceptors (Lipinski definition) is 7. The predicted molar refractivity (Wildman–Crippen MR) is 130 cm³/mol. The lowest BCUT2D eigenvalue weighted by Crippen LogP contribution is -2.42. The molecule has 5 rings (SSSR count). The van der Waals surface area contributed by atoms with E-state index in [4.69, 9.17) is 4.74 Å². The van der Waals surface area contributed by atoms with Gasteiger partial charge < -0.3 is 25.4 Å². The van der Waals surface area contributed by atoms with Gasteiger partial charge in [-0.3, -0.25) is 14.4 Å². The molecule has 0 radical (unpaired) electrons. The summed E-state index contributed by atoms with van der Waals surface area (Å²) in [5.74, 6) is -0.725. The number of hydrogen-bond donors (Lipinski definition) is 3. The summed E-state index contributed by atoms with van der Waals surface area (Å²) >= 11 is 0. The monoisotopic (exact) mass is 510 g/mol. The zero-order chi connectivity index (χ0) is 26.3. The van der Waals surface area contributed by atoms with Crippen LogP contribution in [0.25, 0.3) is 5.65 Å². The molecule has 1 aromatic carbocycles. The molecule has 11 nitrogen and oxygen atoms in total. The second-order valence-corrected chi connectivity index (χ2v) is 9.90. The fourth-order valence-electron chi connectivity index (χ4n) is 4.35. The van der Waals surface area contributed by atoms with Crippen molar-refractivity contribution in [1.82, 2.24) is 24.8 Å². The van der Waals surface area contributed by atoms with Gasteiger partial charge in [-0.2, -0.15) is 5.10 Å². The molecule has 2 aliphatic heterocycles. The number of aliphatic hydroxyl groups is 1. The summed E-state index contributed by atoms with van der Waals surface area (Å²) in [7, 11) is 0. The van der Waals surface area contributed by atoms with E-state index in [0.717, 1.165) is 0 Å². The molecule has 0 saturated carbocycles. The number of aromatic nitrogens is 3. The number of ether oxygens (including phenoxy) is 1. The zero-order valence-electron chi connectivity index (χ0n) is 20.4. The first kappa shape index (κ1) is 24.6. The van der Waals surface area contributed by atoms with Crippen LogP contribution in [0.2, 0.25) is 0 Å². The van der Waals surface area contributed by atoms with Crippen LogP contribution in [-0.2, 0) is 11.3 Å². The fraction of sp³-hybridized carbons (Fsp3) is 0.400. The van der Waals surface area contributed by atoms with E-state index >= 15 is 0 Å². The fourth-order valence-corrected chi connectivity index (χ4v) is 4.35. The summed E-state index contributed by atoms with van der Waals surface area (Å²) < 4.78 is 22.0. The smallest absolute Gasteiger partial charge is 0.261 e. The Bertz CT molecular complexity index is 1380. The first-order valence-corrected chi connectivity index (χ1v) is 11.9. The van der Waals surface area contributed by atoms with Crippen LogP contribution in [-0.4, -0.2) is 73.8 Å². The minimum Gasteiger partial charge on any atom is -0.491 e. The highest BCUT2D eigenvalue weighted by atomic mass is 19.1. The van der Waals surface area contributed by atoms with Crippen molar-refractivity contribution in [1.29, 1.82) is 0 Å². The largest absolute Gasteiger partial charge is 0.491 e. The maximum Gasteiger partial charge on any atom is 0.261 e. The van der Waals surface area contributed by atoms with Crippen LogP contribution in [0.4, 0.5) is 10.1 Å². The number of fused-ring (bicyclic) bond motifs is 2. The van der Waals surface area contributed by atoms with E-state index in [9.17, 15) is 23.9 Å². The van der Waals surface area contributed by atoms with E-state index in [1.807, 2.05) is 0 Å². The molecule has 0 aliphatic carbocycles. The van der Waals surface area contributed by atoms with Crippen molar-refractivity contribution < 1.29 is 28.6 Å². The van der Waals surface area contributed by atoms with Crippen LogP contribution >= 0.6 is 0 Å². The van der Waals surface area contributed by atoms with Gasteiger partial charge >= 0.3 is 0 Å². The summed E-state index contributed by atoms with van der Waals surface area (Å²) in [5, 5.41) is 19.7.